The second-order valence-electron chi connectivity index (χ2n) is 13.5. The molecule has 2 aromatic heterocycles. The molecule has 0 fully saturated rings. The zero-order chi connectivity index (χ0) is 36.2. The Morgan fingerprint density at radius 1 is 1.22 bits per heavy atom. The molecule has 4 heterocycles. The van der Waals surface area contributed by atoms with Crippen LogP contribution in [0.4, 0.5) is 4.39 Å². The zero-order valence-corrected chi connectivity index (χ0v) is 28.2. The summed E-state index contributed by atoms with van der Waals surface area (Å²) in [7, 11) is 0. The number of cyclic esters (lactones) is 1. The molecule has 3 aromatic rings. The Morgan fingerprint density at radius 2 is 1.96 bits per heavy atom. The van der Waals surface area contributed by atoms with Crippen LogP contribution in [0, 0.1) is 30.5 Å². The number of aliphatic hydroxyl groups is 2. The molecule has 0 spiro atoms. The summed E-state index contributed by atoms with van der Waals surface area (Å²) in [6.45, 7) is 5.13. The summed E-state index contributed by atoms with van der Waals surface area (Å²) in [6, 6.07) is 2.33. The van der Waals surface area contributed by atoms with E-state index in [1.807, 2.05) is 0 Å². The van der Waals surface area contributed by atoms with Gasteiger partial charge in [0.1, 0.15) is 25.8 Å². The highest BCUT2D eigenvalue weighted by molar-refractivity contribution is 5.94. The van der Waals surface area contributed by atoms with E-state index in [9.17, 15) is 34.2 Å². The Morgan fingerprint density at radius 3 is 2.62 bits per heavy atom. The van der Waals surface area contributed by atoms with E-state index in [0.717, 1.165) is 5.56 Å². The summed E-state index contributed by atoms with van der Waals surface area (Å²) in [5.74, 6) is -5.41. The van der Waals surface area contributed by atoms with Crippen LogP contribution in [-0.2, 0) is 53.8 Å². The van der Waals surface area contributed by atoms with Crippen molar-refractivity contribution in [1.82, 2.24) is 20.2 Å². The van der Waals surface area contributed by atoms with Gasteiger partial charge in [0.15, 0.2) is 5.60 Å². The molecule has 0 saturated carbocycles. The number of halogens is 1. The Hall–Kier alpha value is -4.73. The fourth-order valence-corrected chi connectivity index (χ4v) is 7.68. The van der Waals surface area contributed by atoms with Gasteiger partial charge in [-0.25, -0.2) is 14.2 Å². The van der Waals surface area contributed by atoms with Gasteiger partial charge in [0.2, 0.25) is 17.7 Å². The number of fused-ring (bicyclic) bond motifs is 5. The summed E-state index contributed by atoms with van der Waals surface area (Å²) in [5.41, 5.74) is 6.95. The maximum atomic E-state index is 15.2. The van der Waals surface area contributed by atoms with E-state index in [4.69, 9.17) is 20.2 Å². The minimum absolute atomic E-state index is 0.0213. The molecule has 50 heavy (non-hydrogen) atoms. The molecule has 3 amide bonds. The third-order valence-corrected chi connectivity index (χ3v) is 10.3. The van der Waals surface area contributed by atoms with Crippen molar-refractivity contribution in [3.8, 4) is 11.4 Å². The quantitative estimate of drug-likeness (QED) is 0.0857. The van der Waals surface area contributed by atoms with E-state index in [1.165, 1.54) is 10.6 Å². The molecule has 14 nitrogen and oxygen atoms in total. The lowest BCUT2D eigenvalue weighted by Gasteiger charge is -2.31. The number of rotatable bonds is 11. The van der Waals surface area contributed by atoms with E-state index in [2.05, 4.69) is 10.6 Å². The fraction of sp³-hybridized carbons (Fsp3) is 0.486. The van der Waals surface area contributed by atoms with Crippen LogP contribution in [0.5, 0.6) is 0 Å². The molecule has 1 aromatic carbocycles. The Labute approximate surface area is 286 Å². The van der Waals surface area contributed by atoms with Gasteiger partial charge in [-0.3, -0.25) is 19.2 Å². The highest BCUT2D eigenvalue weighted by atomic mass is 19.1. The van der Waals surface area contributed by atoms with E-state index in [0.29, 0.717) is 51.8 Å². The Balaban J connectivity index is 1.28. The van der Waals surface area contributed by atoms with Gasteiger partial charge in [-0.2, -0.15) is 0 Å². The van der Waals surface area contributed by atoms with Crippen molar-refractivity contribution in [2.45, 2.75) is 71.8 Å². The number of hydrogen-bond acceptors (Lipinski definition) is 10. The molecule has 0 saturated heterocycles. The number of carbonyl (C=O) groups is 4. The third-order valence-electron chi connectivity index (χ3n) is 10.3. The van der Waals surface area contributed by atoms with Crippen LogP contribution < -0.4 is 21.9 Å². The number of aryl methyl sites for hydroxylation is 1. The van der Waals surface area contributed by atoms with Crippen molar-refractivity contribution in [2.24, 2.45) is 23.5 Å². The molecule has 6 N–H and O–H groups in total. The number of ether oxygens (including phenoxy) is 2. The molecular weight excluding hydrogens is 653 g/mol. The molecule has 266 valence electrons. The molecule has 0 radical (unpaired) electrons. The standard InChI is InChI=1S/C35H40FN5O9/c1-5-35(48)21-8-25-30-18(10-41(25)33(46)20(21)12-50-34(35)47)29-23(7-6-17-16(4)22(36)9-24(40-30)28(17)29)39-26(43)13-49-14-38-32(45)19(11-42)27(15(2)3)31(37)44/h8-9,15,19,23,27,42,48H,5-7,10-14H2,1-4H3,(H2,37,44)(H,38,45)(H,39,43)/t19-,23+,27?,35+/m1/s1. The number of carbonyl (C=O) groups excluding carboxylic acids is 4. The summed E-state index contributed by atoms with van der Waals surface area (Å²) in [5, 5.41) is 27.1. The molecule has 2 aliphatic heterocycles. The van der Waals surface area contributed by atoms with Crippen LogP contribution in [0.3, 0.4) is 0 Å². The molecular formula is C35H40FN5O9. The number of primary amides is 1. The lowest BCUT2D eigenvalue weighted by atomic mass is 9.81. The van der Waals surface area contributed by atoms with Gasteiger partial charge >= 0.3 is 5.97 Å². The van der Waals surface area contributed by atoms with Crippen molar-refractivity contribution in [1.29, 1.82) is 0 Å². The second kappa shape index (κ2) is 13.2. The van der Waals surface area contributed by atoms with Gasteiger partial charge in [0.05, 0.1) is 53.5 Å². The third kappa shape index (κ3) is 5.62. The molecule has 6 rings (SSSR count). The fourth-order valence-electron chi connectivity index (χ4n) is 7.68. The average molecular weight is 694 g/mol. The van der Waals surface area contributed by atoms with Gasteiger partial charge < -0.3 is 40.6 Å². The Kier molecular flexibility index (Phi) is 9.26. The first kappa shape index (κ1) is 35.1. The summed E-state index contributed by atoms with van der Waals surface area (Å²) < 4.78 is 27.3. The number of aliphatic hydroxyl groups excluding tert-OH is 1. The van der Waals surface area contributed by atoms with E-state index in [1.54, 1.807) is 33.8 Å². The molecule has 1 aliphatic carbocycles. The molecule has 4 atom stereocenters. The number of benzene rings is 1. The van der Waals surface area contributed by atoms with Crippen molar-refractivity contribution in [2.75, 3.05) is 19.9 Å². The second-order valence-corrected chi connectivity index (χ2v) is 13.5. The summed E-state index contributed by atoms with van der Waals surface area (Å²) >= 11 is 0. The molecule has 0 bridgehead atoms. The topological polar surface area (TPSA) is 212 Å². The predicted molar refractivity (Wildman–Crippen MR) is 175 cm³/mol. The van der Waals surface area contributed by atoms with Crippen LogP contribution in [0.2, 0.25) is 0 Å². The van der Waals surface area contributed by atoms with Crippen molar-refractivity contribution >= 4 is 34.6 Å². The maximum Gasteiger partial charge on any atom is 0.343 e. The maximum absolute atomic E-state index is 15.2. The van der Waals surface area contributed by atoms with E-state index in [-0.39, 0.29) is 43.3 Å². The number of nitrogens with two attached hydrogens (primary N) is 1. The van der Waals surface area contributed by atoms with Crippen LogP contribution in [0.15, 0.2) is 16.9 Å². The van der Waals surface area contributed by atoms with Crippen molar-refractivity contribution in [3.05, 3.63) is 61.7 Å². The zero-order valence-electron chi connectivity index (χ0n) is 28.2. The number of nitrogens with one attached hydrogen (secondary N) is 2. The smallest absolute Gasteiger partial charge is 0.343 e. The Bertz CT molecular complexity index is 2010. The molecule has 15 heteroatoms. The van der Waals surface area contributed by atoms with E-state index >= 15 is 4.39 Å². The molecule has 3 aliphatic rings. The van der Waals surface area contributed by atoms with Gasteiger partial charge in [0, 0.05) is 22.6 Å². The minimum atomic E-state index is -2.01. The monoisotopic (exact) mass is 693 g/mol. The number of esters is 1. The normalized spacial score (nSPS) is 20.1. The SMILES string of the molecule is CC[C@@]1(O)C(=O)OCc2c1cc1n(c2=O)Cc2c-1nc1cc(F)c(C)c3c1c2[C@@H](NC(=O)COCNC(=O)[C@H](CO)C(C(N)=O)C(C)C)CC3. The highest BCUT2D eigenvalue weighted by Gasteiger charge is 2.46. The van der Waals surface area contributed by atoms with Gasteiger partial charge in [-0.15, -0.1) is 0 Å². The largest absolute Gasteiger partial charge is 0.458 e. The van der Waals surface area contributed by atoms with Crippen LogP contribution >= 0.6 is 0 Å². The highest BCUT2D eigenvalue weighted by Crippen LogP contribution is 2.46. The number of nitrogens with zero attached hydrogens (tertiary/aromatic N) is 2. The molecule has 1 unspecified atom stereocenters. The first-order valence-electron chi connectivity index (χ1n) is 16.6. The van der Waals surface area contributed by atoms with Crippen LogP contribution in [0.1, 0.15) is 73.0 Å². The average Bonchev–Trinajstić information content (AvgIpc) is 3.44. The summed E-state index contributed by atoms with van der Waals surface area (Å²) in [6.07, 6.45) is 0.832. The lowest BCUT2D eigenvalue weighted by molar-refractivity contribution is -0.172. The van der Waals surface area contributed by atoms with Crippen molar-refractivity contribution in [3.63, 3.8) is 0 Å². The predicted octanol–water partition coefficient (Wildman–Crippen LogP) is 1.09. The van der Waals surface area contributed by atoms with Crippen molar-refractivity contribution < 1.29 is 43.3 Å². The number of aromatic nitrogens is 2. The van der Waals surface area contributed by atoms with Gasteiger partial charge in [0.25, 0.3) is 5.56 Å². The number of amides is 3. The van der Waals surface area contributed by atoms with Gasteiger partial charge in [-0.1, -0.05) is 20.8 Å². The van der Waals surface area contributed by atoms with E-state index < -0.39 is 71.8 Å². The van der Waals surface area contributed by atoms with Gasteiger partial charge in [-0.05, 0) is 54.9 Å². The van der Waals surface area contributed by atoms with Crippen LogP contribution in [0.25, 0.3) is 22.3 Å². The summed E-state index contributed by atoms with van der Waals surface area (Å²) in [4.78, 5) is 69.0. The van der Waals surface area contributed by atoms with Crippen LogP contribution in [-0.4, -0.2) is 63.4 Å². The first-order chi connectivity index (χ1) is 23.7. The minimum Gasteiger partial charge on any atom is -0.458 e. The first-order valence-corrected chi connectivity index (χ1v) is 16.6. The number of hydrogen-bond donors (Lipinski definition) is 5. The lowest BCUT2D eigenvalue weighted by Crippen LogP contribution is -2.45. The number of pyridine rings is 2.